The number of nitrogens with one attached hydrogen (secondary N) is 1. The zero-order chi connectivity index (χ0) is 16.0. The Morgan fingerprint density at radius 2 is 2.18 bits per heavy atom. The van der Waals surface area contributed by atoms with Gasteiger partial charge in [0.25, 0.3) is 0 Å². The second-order valence-corrected chi connectivity index (χ2v) is 7.31. The van der Waals surface area contributed by atoms with Crippen LogP contribution < -0.4 is 5.32 Å². The molecule has 1 N–H and O–H groups in total. The molecule has 1 aliphatic heterocycles. The van der Waals surface area contributed by atoms with E-state index in [0.717, 1.165) is 35.6 Å². The number of rotatable bonds is 7. The van der Waals surface area contributed by atoms with Crippen molar-refractivity contribution in [1.82, 2.24) is 14.6 Å². The van der Waals surface area contributed by atoms with Gasteiger partial charge in [-0.05, 0) is 30.5 Å². The van der Waals surface area contributed by atoms with Gasteiger partial charge < -0.3 is 10.1 Å². The van der Waals surface area contributed by atoms with E-state index < -0.39 is 10.0 Å². The summed E-state index contributed by atoms with van der Waals surface area (Å²) in [6.45, 7) is 1.09. The predicted molar refractivity (Wildman–Crippen MR) is 81.5 cm³/mol. The summed E-state index contributed by atoms with van der Waals surface area (Å²) in [6, 6.07) is 3.45. The van der Waals surface area contributed by atoms with Gasteiger partial charge in [-0.25, -0.2) is 8.42 Å². The summed E-state index contributed by atoms with van der Waals surface area (Å²) in [5, 5.41) is 2.73. The standard InChI is InChI=1S/C14H21N3O4S/c1-22(19,20)17(10-12-4-6-15-7-5-12)11-14(18)16-9-13-3-2-8-21-13/h4-7,13H,2-3,8-11H2,1H3,(H,16,18). The van der Waals surface area contributed by atoms with Crippen LogP contribution in [-0.2, 0) is 26.1 Å². The molecule has 1 atom stereocenters. The van der Waals surface area contributed by atoms with Crippen LogP contribution in [0.15, 0.2) is 24.5 Å². The summed E-state index contributed by atoms with van der Waals surface area (Å²) < 4.78 is 30.2. The van der Waals surface area contributed by atoms with Crippen LogP contribution in [0.25, 0.3) is 0 Å². The lowest BCUT2D eigenvalue weighted by atomic mass is 10.2. The van der Waals surface area contributed by atoms with Gasteiger partial charge in [0.15, 0.2) is 0 Å². The van der Waals surface area contributed by atoms with Crippen molar-refractivity contribution in [3.63, 3.8) is 0 Å². The molecule has 1 unspecified atom stereocenters. The van der Waals surface area contributed by atoms with Crippen LogP contribution in [0.1, 0.15) is 18.4 Å². The van der Waals surface area contributed by atoms with Crippen LogP contribution in [0.2, 0.25) is 0 Å². The predicted octanol–water partition coefficient (Wildman–Crippen LogP) is 0.138. The van der Waals surface area contributed by atoms with E-state index in [-0.39, 0.29) is 25.1 Å². The third-order valence-corrected chi connectivity index (χ3v) is 4.64. The first-order valence-electron chi connectivity index (χ1n) is 7.17. The molecular weight excluding hydrogens is 306 g/mol. The third-order valence-electron chi connectivity index (χ3n) is 3.45. The quantitative estimate of drug-likeness (QED) is 0.769. The first kappa shape index (κ1) is 16.9. The van der Waals surface area contributed by atoms with E-state index >= 15 is 0 Å². The average molecular weight is 327 g/mol. The highest BCUT2D eigenvalue weighted by Gasteiger charge is 2.22. The molecule has 1 amide bonds. The molecule has 1 aromatic rings. The second-order valence-electron chi connectivity index (χ2n) is 5.33. The lowest BCUT2D eigenvalue weighted by Gasteiger charge is -2.20. The van der Waals surface area contributed by atoms with Gasteiger partial charge >= 0.3 is 0 Å². The van der Waals surface area contributed by atoms with Gasteiger partial charge in [-0.3, -0.25) is 9.78 Å². The van der Waals surface area contributed by atoms with Gasteiger partial charge in [-0.1, -0.05) is 0 Å². The number of hydrogen-bond acceptors (Lipinski definition) is 5. The molecule has 0 saturated carbocycles. The Morgan fingerprint density at radius 1 is 1.45 bits per heavy atom. The Bertz CT molecular complexity index is 585. The van der Waals surface area contributed by atoms with Crippen LogP contribution in [0.3, 0.4) is 0 Å². The van der Waals surface area contributed by atoms with E-state index in [2.05, 4.69) is 10.3 Å². The number of hydrogen-bond donors (Lipinski definition) is 1. The topological polar surface area (TPSA) is 88.6 Å². The molecule has 0 aliphatic carbocycles. The Labute approximate surface area is 130 Å². The molecule has 0 spiro atoms. The van der Waals surface area contributed by atoms with Crippen LogP contribution in [-0.4, -0.2) is 55.7 Å². The SMILES string of the molecule is CS(=O)(=O)N(CC(=O)NCC1CCCO1)Cc1ccncc1. The zero-order valence-electron chi connectivity index (χ0n) is 12.6. The van der Waals surface area contributed by atoms with Gasteiger partial charge in [-0.2, -0.15) is 4.31 Å². The van der Waals surface area contributed by atoms with E-state index in [0.29, 0.717) is 6.54 Å². The molecule has 8 heteroatoms. The zero-order valence-corrected chi connectivity index (χ0v) is 13.4. The lowest BCUT2D eigenvalue weighted by molar-refractivity contribution is -0.121. The Hall–Kier alpha value is -1.51. The van der Waals surface area contributed by atoms with E-state index in [1.54, 1.807) is 24.5 Å². The van der Waals surface area contributed by atoms with Crippen molar-refractivity contribution in [3.8, 4) is 0 Å². The average Bonchev–Trinajstić information content (AvgIpc) is 2.98. The minimum atomic E-state index is -3.47. The van der Waals surface area contributed by atoms with Crippen LogP contribution in [0.5, 0.6) is 0 Å². The summed E-state index contributed by atoms with van der Waals surface area (Å²) in [5.74, 6) is -0.324. The molecule has 2 heterocycles. The minimum Gasteiger partial charge on any atom is -0.376 e. The first-order valence-corrected chi connectivity index (χ1v) is 9.02. The highest BCUT2D eigenvalue weighted by Crippen LogP contribution is 2.11. The fraction of sp³-hybridized carbons (Fsp3) is 0.571. The minimum absolute atomic E-state index is 0.0378. The van der Waals surface area contributed by atoms with Crippen LogP contribution in [0.4, 0.5) is 0 Å². The Balaban J connectivity index is 1.90. The van der Waals surface area contributed by atoms with Gasteiger partial charge in [0.2, 0.25) is 15.9 Å². The van der Waals surface area contributed by atoms with Crippen molar-refractivity contribution in [1.29, 1.82) is 0 Å². The fourth-order valence-corrected chi connectivity index (χ4v) is 2.97. The molecule has 2 rings (SSSR count). The summed E-state index contributed by atoms with van der Waals surface area (Å²) in [4.78, 5) is 15.9. The summed E-state index contributed by atoms with van der Waals surface area (Å²) in [7, 11) is -3.47. The number of nitrogens with zero attached hydrogens (tertiary/aromatic N) is 2. The lowest BCUT2D eigenvalue weighted by Crippen LogP contribution is -2.42. The number of aromatic nitrogens is 1. The molecule has 122 valence electrons. The molecule has 1 fully saturated rings. The van der Waals surface area contributed by atoms with Crippen molar-refractivity contribution in [2.45, 2.75) is 25.5 Å². The van der Waals surface area contributed by atoms with Crippen LogP contribution in [0, 0.1) is 0 Å². The molecule has 22 heavy (non-hydrogen) atoms. The maximum Gasteiger partial charge on any atom is 0.235 e. The second kappa shape index (κ2) is 7.66. The molecule has 1 aromatic heterocycles. The maximum absolute atomic E-state index is 12.0. The Morgan fingerprint density at radius 3 is 2.77 bits per heavy atom. The summed E-state index contributed by atoms with van der Waals surface area (Å²) >= 11 is 0. The highest BCUT2D eigenvalue weighted by atomic mass is 32.2. The van der Waals surface area contributed by atoms with Crippen molar-refractivity contribution < 1.29 is 17.9 Å². The van der Waals surface area contributed by atoms with Gasteiger partial charge in [0.1, 0.15) is 0 Å². The fourth-order valence-electron chi connectivity index (χ4n) is 2.23. The van der Waals surface area contributed by atoms with E-state index in [9.17, 15) is 13.2 Å². The number of ether oxygens (including phenoxy) is 1. The van der Waals surface area contributed by atoms with E-state index in [1.165, 1.54) is 0 Å². The monoisotopic (exact) mass is 327 g/mol. The number of sulfonamides is 1. The summed E-state index contributed by atoms with van der Waals surface area (Å²) in [6.07, 6.45) is 6.24. The van der Waals surface area contributed by atoms with E-state index in [4.69, 9.17) is 4.74 Å². The first-order chi connectivity index (χ1) is 10.4. The number of carbonyl (C=O) groups excluding carboxylic acids is 1. The number of pyridine rings is 1. The Kier molecular flexibility index (Phi) is 5.87. The number of amides is 1. The molecule has 0 bridgehead atoms. The number of carbonyl (C=O) groups is 1. The van der Waals surface area contributed by atoms with Crippen molar-refractivity contribution >= 4 is 15.9 Å². The van der Waals surface area contributed by atoms with Crippen molar-refractivity contribution in [2.24, 2.45) is 0 Å². The summed E-state index contributed by atoms with van der Waals surface area (Å²) in [5.41, 5.74) is 0.785. The molecule has 0 radical (unpaired) electrons. The van der Waals surface area contributed by atoms with Crippen molar-refractivity contribution in [2.75, 3.05) is 26.0 Å². The van der Waals surface area contributed by atoms with Crippen molar-refractivity contribution in [3.05, 3.63) is 30.1 Å². The van der Waals surface area contributed by atoms with Gasteiger partial charge in [0, 0.05) is 32.1 Å². The molecule has 7 nitrogen and oxygen atoms in total. The van der Waals surface area contributed by atoms with E-state index in [1.807, 2.05) is 0 Å². The van der Waals surface area contributed by atoms with Gasteiger partial charge in [-0.15, -0.1) is 0 Å². The molecular formula is C14H21N3O4S. The van der Waals surface area contributed by atoms with Crippen LogP contribution >= 0.6 is 0 Å². The normalized spacial score (nSPS) is 18.5. The molecule has 1 aliphatic rings. The van der Waals surface area contributed by atoms with Gasteiger partial charge in [0.05, 0.1) is 18.9 Å². The molecule has 0 aromatic carbocycles. The molecule has 1 saturated heterocycles. The maximum atomic E-state index is 12.0. The third kappa shape index (κ3) is 5.36. The highest BCUT2D eigenvalue weighted by molar-refractivity contribution is 7.88. The largest absolute Gasteiger partial charge is 0.376 e. The smallest absolute Gasteiger partial charge is 0.235 e.